The van der Waals surface area contributed by atoms with Crippen LogP contribution in [-0.4, -0.2) is 19.7 Å². The monoisotopic (exact) mass is 235 g/mol. The number of unbranched alkanes of at least 4 members (excludes halogenated alkanes) is 1. The molecule has 1 N–H and O–H groups in total. The second-order valence-electron chi connectivity index (χ2n) is 4.50. The van der Waals surface area contributed by atoms with Crippen LogP contribution in [-0.2, 0) is 6.42 Å². The molecule has 96 valence electrons. The van der Waals surface area contributed by atoms with Crippen molar-refractivity contribution in [2.75, 3.05) is 13.7 Å². The van der Waals surface area contributed by atoms with Gasteiger partial charge in [0.25, 0.3) is 0 Å². The highest BCUT2D eigenvalue weighted by molar-refractivity contribution is 5.33. The van der Waals surface area contributed by atoms with Crippen LogP contribution in [0.25, 0.3) is 0 Å². The Bertz CT molecular complexity index is 312. The van der Waals surface area contributed by atoms with E-state index in [2.05, 4.69) is 37.4 Å². The molecule has 0 aliphatic heterocycles. The molecule has 0 saturated heterocycles. The zero-order chi connectivity index (χ0) is 12.5. The minimum atomic E-state index is 0.609. The van der Waals surface area contributed by atoms with E-state index >= 15 is 0 Å². The van der Waals surface area contributed by atoms with Crippen LogP contribution in [0.2, 0.25) is 0 Å². The molecule has 0 radical (unpaired) electrons. The van der Waals surface area contributed by atoms with E-state index in [1.165, 1.54) is 18.4 Å². The molecule has 1 rings (SSSR count). The summed E-state index contributed by atoms with van der Waals surface area (Å²) in [7, 11) is 2.01. The zero-order valence-corrected chi connectivity index (χ0v) is 11.3. The standard InChI is InChI=1S/C15H25NO/c1-4-14-10-5-6-11-15(14)17-12-8-7-9-13(2)16-3/h5-6,10-11,13,16H,4,7-9,12H2,1-3H3. The first-order chi connectivity index (χ1) is 8.27. The highest BCUT2D eigenvalue weighted by Crippen LogP contribution is 2.18. The van der Waals surface area contributed by atoms with Crippen molar-refractivity contribution in [3.8, 4) is 5.75 Å². The smallest absolute Gasteiger partial charge is 0.122 e. The third-order valence-electron chi connectivity index (χ3n) is 3.14. The van der Waals surface area contributed by atoms with Crippen molar-refractivity contribution in [2.45, 2.75) is 45.6 Å². The maximum atomic E-state index is 5.82. The van der Waals surface area contributed by atoms with E-state index in [-0.39, 0.29) is 0 Å². The number of para-hydroxylation sites is 1. The molecule has 0 saturated carbocycles. The summed E-state index contributed by atoms with van der Waals surface area (Å²) in [5, 5.41) is 3.25. The van der Waals surface area contributed by atoms with Crippen LogP contribution >= 0.6 is 0 Å². The Morgan fingerprint density at radius 2 is 2.00 bits per heavy atom. The molecule has 1 atom stereocenters. The third kappa shape index (κ3) is 5.22. The number of rotatable bonds is 8. The van der Waals surface area contributed by atoms with Gasteiger partial charge in [0.1, 0.15) is 5.75 Å². The van der Waals surface area contributed by atoms with Crippen molar-refractivity contribution < 1.29 is 4.74 Å². The molecular weight excluding hydrogens is 210 g/mol. The SMILES string of the molecule is CCc1ccccc1OCCCCC(C)NC. The van der Waals surface area contributed by atoms with Gasteiger partial charge in [0.15, 0.2) is 0 Å². The molecule has 0 amide bonds. The van der Waals surface area contributed by atoms with Crippen molar-refractivity contribution in [1.29, 1.82) is 0 Å². The van der Waals surface area contributed by atoms with E-state index in [1.807, 2.05) is 13.1 Å². The van der Waals surface area contributed by atoms with Gasteiger partial charge in [0.05, 0.1) is 6.61 Å². The number of nitrogens with one attached hydrogen (secondary N) is 1. The van der Waals surface area contributed by atoms with Gasteiger partial charge in [-0.3, -0.25) is 0 Å². The number of benzene rings is 1. The molecule has 0 aliphatic rings. The molecule has 0 bridgehead atoms. The highest BCUT2D eigenvalue weighted by atomic mass is 16.5. The Hall–Kier alpha value is -1.02. The Balaban J connectivity index is 2.22. The molecule has 1 unspecified atom stereocenters. The summed E-state index contributed by atoms with van der Waals surface area (Å²) in [5.41, 5.74) is 1.30. The lowest BCUT2D eigenvalue weighted by molar-refractivity contribution is 0.299. The van der Waals surface area contributed by atoms with E-state index < -0.39 is 0 Å². The van der Waals surface area contributed by atoms with Gasteiger partial charge in [-0.05, 0) is 51.3 Å². The topological polar surface area (TPSA) is 21.3 Å². The lowest BCUT2D eigenvalue weighted by atomic mass is 10.1. The summed E-state index contributed by atoms with van der Waals surface area (Å²) in [5.74, 6) is 1.05. The van der Waals surface area contributed by atoms with Gasteiger partial charge >= 0.3 is 0 Å². The average molecular weight is 235 g/mol. The molecule has 2 heteroatoms. The van der Waals surface area contributed by atoms with Crippen molar-refractivity contribution >= 4 is 0 Å². The Kier molecular flexibility index (Phi) is 6.71. The molecule has 0 aliphatic carbocycles. The van der Waals surface area contributed by atoms with Crippen molar-refractivity contribution in [1.82, 2.24) is 5.32 Å². The van der Waals surface area contributed by atoms with E-state index in [0.29, 0.717) is 6.04 Å². The fraction of sp³-hybridized carbons (Fsp3) is 0.600. The lowest BCUT2D eigenvalue weighted by Crippen LogP contribution is -2.20. The number of aryl methyl sites for hydroxylation is 1. The summed E-state index contributed by atoms with van der Waals surface area (Å²) in [6.07, 6.45) is 4.60. The van der Waals surface area contributed by atoms with E-state index in [4.69, 9.17) is 4.74 Å². The van der Waals surface area contributed by atoms with Gasteiger partial charge in [0, 0.05) is 6.04 Å². The summed E-state index contributed by atoms with van der Waals surface area (Å²) in [6.45, 7) is 5.21. The Morgan fingerprint density at radius 1 is 1.24 bits per heavy atom. The first kappa shape index (κ1) is 14.0. The lowest BCUT2D eigenvalue weighted by Gasteiger charge is -2.11. The fourth-order valence-corrected chi connectivity index (χ4v) is 1.82. The number of hydrogen-bond donors (Lipinski definition) is 1. The quantitative estimate of drug-likeness (QED) is 0.697. The molecule has 0 aromatic heterocycles. The molecule has 0 heterocycles. The van der Waals surface area contributed by atoms with Crippen LogP contribution in [0.15, 0.2) is 24.3 Å². The van der Waals surface area contributed by atoms with Gasteiger partial charge in [-0.1, -0.05) is 25.1 Å². The number of hydrogen-bond acceptors (Lipinski definition) is 2. The first-order valence-electron chi connectivity index (χ1n) is 6.66. The van der Waals surface area contributed by atoms with Crippen LogP contribution in [0, 0.1) is 0 Å². The maximum Gasteiger partial charge on any atom is 0.122 e. The van der Waals surface area contributed by atoms with Crippen LogP contribution < -0.4 is 10.1 Å². The molecular formula is C15H25NO. The highest BCUT2D eigenvalue weighted by Gasteiger charge is 2.01. The fourth-order valence-electron chi connectivity index (χ4n) is 1.82. The second kappa shape index (κ2) is 8.13. The molecule has 17 heavy (non-hydrogen) atoms. The van der Waals surface area contributed by atoms with Gasteiger partial charge < -0.3 is 10.1 Å². The van der Waals surface area contributed by atoms with Gasteiger partial charge in [-0.15, -0.1) is 0 Å². The van der Waals surface area contributed by atoms with E-state index in [9.17, 15) is 0 Å². The van der Waals surface area contributed by atoms with E-state index in [1.54, 1.807) is 0 Å². The molecule has 0 spiro atoms. The predicted octanol–water partition coefficient (Wildman–Crippen LogP) is 3.41. The molecule has 1 aromatic rings. The largest absolute Gasteiger partial charge is 0.493 e. The van der Waals surface area contributed by atoms with Crippen LogP contribution in [0.1, 0.15) is 38.7 Å². The summed E-state index contributed by atoms with van der Waals surface area (Å²) < 4.78 is 5.82. The molecule has 0 fully saturated rings. The maximum absolute atomic E-state index is 5.82. The van der Waals surface area contributed by atoms with Gasteiger partial charge in [-0.25, -0.2) is 0 Å². The van der Waals surface area contributed by atoms with E-state index in [0.717, 1.165) is 25.2 Å². The Morgan fingerprint density at radius 3 is 2.71 bits per heavy atom. The van der Waals surface area contributed by atoms with Crippen LogP contribution in [0.3, 0.4) is 0 Å². The third-order valence-corrected chi connectivity index (χ3v) is 3.14. The van der Waals surface area contributed by atoms with Crippen molar-refractivity contribution in [3.63, 3.8) is 0 Å². The van der Waals surface area contributed by atoms with Crippen molar-refractivity contribution in [3.05, 3.63) is 29.8 Å². The molecule has 2 nitrogen and oxygen atoms in total. The summed E-state index contributed by atoms with van der Waals surface area (Å²) in [4.78, 5) is 0. The van der Waals surface area contributed by atoms with Crippen LogP contribution in [0.4, 0.5) is 0 Å². The normalized spacial score (nSPS) is 12.4. The zero-order valence-electron chi connectivity index (χ0n) is 11.3. The minimum Gasteiger partial charge on any atom is -0.493 e. The minimum absolute atomic E-state index is 0.609. The first-order valence-corrected chi connectivity index (χ1v) is 6.66. The van der Waals surface area contributed by atoms with Gasteiger partial charge in [-0.2, -0.15) is 0 Å². The second-order valence-corrected chi connectivity index (χ2v) is 4.50. The van der Waals surface area contributed by atoms with Crippen molar-refractivity contribution in [2.24, 2.45) is 0 Å². The summed E-state index contributed by atoms with van der Waals surface area (Å²) >= 11 is 0. The summed E-state index contributed by atoms with van der Waals surface area (Å²) in [6, 6.07) is 8.92. The Labute approximate surface area is 105 Å². The predicted molar refractivity (Wildman–Crippen MR) is 73.7 cm³/mol. The van der Waals surface area contributed by atoms with Crippen LogP contribution in [0.5, 0.6) is 5.75 Å². The average Bonchev–Trinajstić information content (AvgIpc) is 2.38. The van der Waals surface area contributed by atoms with Gasteiger partial charge in [0.2, 0.25) is 0 Å². The number of ether oxygens (including phenoxy) is 1. The molecule has 1 aromatic carbocycles.